The highest BCUT2D eigenvalue weighted by molar-refractivity contribution is 5.46. The van der Waals surface area contributed by atoms with Crippen LogP contribution in [0.5, 0.6) is 0 Å². The third kappa shape index (κ3) is 1.27. The van der Waals surface area contributed by atoms with Gasteiger partial charge in [0.1, 0.15) is 5.69 Å². The summed E-state index contributed by atoms with van der Waals surface area (Å²) in [6.07, 6.45) is 7.16. The van der Waals surface area contributed by atoms with Gasteiger partial charge in [-0.25, -0.2) is 19.9 Å². The molecular weight excluding hydrogens is 152 g/mol. The van der Waals surface area contributed by atoms with Gasteiger partial charge in [0.2, 0.25) is 0 Å². The van der Waals surface area contributed by atoms with Gasteiger partial charge in [-0.05, 0) is 6.07 Å². The van der Waals surface area contributed by atoms with Crippen LogP contribution in [0.4, 0.5) is 0 Å². The van der Waals surface area contributed by atoms with Gasteiger partial charge in [-0.3, -0.25) is 0 Å². The van der Waals surface area contributed by atoms with Crippen LogP contribution in [0.25, 0.3) is 11.5 Å². The lowest BCUT2D eigenvalue weighted by Crippen LogP contribution is -1.90. The third-order valence-corrected chi connectivity index (χ3v) is 1.29. The standard InChI is InChI=1S/C8H4N4/c1-3-10-8(11-4-1)7-2-5-9-6-12-7/h2-5H. The monoisotopic (exact) mass is 156 g/mol. The summed E-state index contributed by atoms with van der Waals surface area (Å²) in [4.78, 5) is 15.5. The lowest BCUT2D eigenvalue weighted by molar-refractivity contribution is 1.09. The predicted octanol–water partition coefficient (Wildman–Crippen LogP) is 0.534. The minimum absolute atomic E-state index is 0.562. The number of aromatic nitrogens is 4. The molecule has 2 aromatic rings. The zero-order valence-electron chi connectivity index (χ0n) is 6.10. The summed E-state index contributed by atoms with van der Waals surface area (Å²) in [6, 6.07) is 4.45. The van der Waals surface area contributed by atoms with E-state index in [-0.39, 0.29) is 0 Å². The molecule has 2 aromatic heterocycles. The van der Waals surface area contributed by atoms with Gasteiger partial charge in [0.05, 0.1) is 0 Å². The molecule has 4 heteroatoms. The van der Waals surface area contributed by atoms with Gasteiger partial charge in [0.15, 0.2) is 12.2 Å². The zero-order valence-corrected chi connectivity index (χ0v) is 6.10. The molecule has 2 rings (SSSR count). The van der Waals surface area contributed by atoms with Gasteiger partial charge in [-0.15, -0.1) is 0 Å². The molecule has 0 saturated heterocycles. The first-order valence-electron chi connectivity index (χ1n) is 3.34. The fourth-order valence-electron chi connectivity index (χ4n) is 0.781. The molecule has 4 nitrogen and oxygen atoms in total. The Labute approximate surface area is 69.4 Å². The molecule has 0 aliphatic carbocycles. The van der Waals surface area contributed by atoms with Crippen molar-refractivity contribution >= 4 is 0 Å². The van der Waals surface area contributed by atoms with Crippen molar-refractivity contribution in [2.75, 3.05) is 0 Å². The van der Waals surface area contributed by atoms with Gasteiger partial charge in [-0.2, -0.15) is 0 Å². The molecule has 2 radical (unpaired) electrons. The second-order valence-electron chi connectivity index (χ2n) is 2.05. The lowest BCUT2D eigenvalue weighted by Gasteiger charge is -1.93. The first-order chi connectivity index (χ1) is 5.97. The van der Waals surface area contributed by atoms with E-state index >= 15 is 0 Å². The van der Waals surface area contributed by atoms with E-state index in [2.05, 4.69) is 32.3 Å². The Morgan fingerprint density at radius 2 is 2.00 bits per heavy atom. The highest BCUT2D eigenvalue weighted by Gasteiger charge is 1.98. The summed E-state index contributed by atoms with van der Waals surface area (Å²) in [7, 11) is 0. The Morgan fingerprint density at radius 3 is 2.67 bits per heavy atom. The first kappa shape index (κ1) is 6.84. The molecule has 0 aliphatic heterocycles. The van der Waals surface area contributed by atoms with Crippen molar-refractivity contribution in [3.8, 4) is 11.5 Å². The van der Waals surface area contributed by atoms with E-state index in [9.17, 15) is 0 Å². The van der Waals surface area contributed by atoms with Crippen LogP contribution in [0, 0.1) is 12.4 Å². The summed E-state index contributed by atoms with van der Waals surface area (Å²) in [5.41, 5.74) is 0.666. The second-order valence-corrected chi connectivity index (χ2v) is 2.05. The highest BCUT2D eigenvalue weighted by Crippen LogP contribution is 2.06. The summed E-state index contributed by atoms with van der Waals surface area (Å²) in [6.45, 7) is 0. The Hall–Kier alpha value is -1.84. The van der Waals surface area contributed by atoms with Crippen molar-refractivity contribution in [2.45, 2.75) is 0 Å². The van der Waals surface area contributed by atoms with Crippen LogP contribution in [0.3, 0.4) is 0 Å². The molecule has 0 atom stereocenters. The Morgan fingerprint density at radius 1 is 1.17 bits per heavy atom. The molecule has 56 valence electrons. The minimum atomic E-state index is 0.562. The third-order valence-electron chi connectivity index (χ3n) is 1.29. The normalized spacial score (nSPS) is 9.67. The van der Waals surface area contributed by atoms with E-state index in [1.807, 2.05) is 0 Å². The molecule has 0 unspecified atom stereocenters. The van der Waals surface area contributed by atoms with Gasteiger partial charge < -0.3 is 0 Å². The molecule has 0 bridgehead atoms. The number of hydrogen-bond donors (Lipinski definition) is 0. The maximum atomic E-state index is 3.97. The van der Waals surface area contributed by atoms with E-state index in [0.717, 1.165) is 0 Å². The molecule has 0 aromatic carbocycles. The Bertz CT molecular complexity index is 308. The smallest absolute Gasteiger partial charge is 0.198 e. The van der Waals surface area contributed by atoms with Crippen molar-refractivity contribution in [1.82, 2.24) is 19.9 Å². The van der Waals surface area contributed by atoms with E-state index < -0.39 is 0 Å². The molecule has 0 spiro atoms. The lowest BCUT2D eigenvalue weighted by atomic mass is 10.4. The molecule has 0 N–H and O–H groups in total. The zero-order chi connectivity index (χ0) is 8.23. The summed E-state index contributed by atoms with van der Waals surface area (Å²) < 4.78 is 0. The van der Waals surface area contributed by atoms with Crippen molar-refractivity contribution < 1.29 is 0 Å². The SMILES string of the molecule is [c]1cnc(-c2ccn[c]n2)nc1. The van der Waals surface area contributed by atoms with E-state index in [4.69, 9.17) is 0 Å². The van der Waals surface area contributed by atoms with Crippen LogP contribution in [-0.4, -0.2) is 19.9 Å². The van der Waals surface area contributed by atoms with Crippen LogP contribution in [0.15, 0.2) is 24.7 Å². The van der Waals surface area contributed by atoms with E-state index in [0.29, 0.717) is 11.5 Å². The van der Waals surface area contributed by atoms with Crippen molar-refractivity contribution in [3.63, 3.8) is 0 Å². The van der Waals surface area contributed by atoms with Crippen molar-refractivity contribution in [3.05, 3.63) is 37.1 Å². The molecule has 0 amide bonds. The van der Waals surface area contributed by atoms with Crippen LogP contribution >= 0.6 is 0 Å². The van der Waals surface area contributed by atoms with Crippen molar-refractivity contribution in [2.24, 2.45) is 0 Å². The summed E-state index contributed by atoms with van der Waals surface area (Å²) >= 11 is 0. The minimum Gasteiger partial charge on any atom is -0.235 e. The van der Waals surface area contributed by atoms with E-state index in [1.165, 1.54) is 0 Å². The maximum Gasteiger partial charge on any atom is 0.198 e. The molecule has 0 fully saturated rings. The average molecular weight is 156 g/mol. The summed E-state index contributed by atoms with van der Waals surface area (Å²) in [5, 5.41) is 0. The quantitative estimate of drug-likeness (QED) is 0.604. The fraction of sp³-hybridized carbons (Fsp3) is 0. The number of rotatable bonds is 1. The highest BCUT2D eigenvalue weighted by atomic mass is 14.9. The molecular formula is C8H4N4. The number of hydrogen-bond acceptors (Lipinski definition) is 4. The molecule has 0 aliphatic rings. The Kier molecular flexibility index (Phi) is 1.74. The number of nitrogens with zero attached hydrogens (tertiary/aromatic N) is 4. The Balaban J connectivity index is 2.46. The van der Waals surface area contributed by atoms with E-state index in [1.54, 1.807) is 24.7 Å². The maximum absolute atomic E-state index is 3.97. The second kappa shape index (κ2) is 3.04. The van der Waals surface area contributed by atoms with Gasteiger partial charge in [0, 0.05) is 24.7 Å². The van der Waals surface area contributed by atoms with Crippen LogP contribution < -0.4 is 0 Å². The summed E-state index contributed by atoms with van der Waals surface area (Å²) in [5.74, 6) is 0.562. The van der Waals surface area contributed by atoms with Crippen LogP contribution in [-0.2, 0) is 0 Å². The van der Waals surface area contributed by atoms with Gasteiger partial charge >= 0.3 is 0 Å². The topological polar surface area (TPSA) is 51.6 Å². The van der Waals surface area contributed by atoms with Crippen molar-refractivity contribution in [1.29, 1.82) is 0 Å². The average Bonchev–Trinajstić information content (AvgIpc) is 2.21. The van der Waals surface area contributed by atoms with Gasteiger partial charge in [-0.1, -0.05) is 0 Å². The van der Waals surface area contributed by atoms with Crippen LogP contribution in [0.2, 0.25) is 0 Å². The predicted molar refractivity (Wildman–Crippen MR) is 40.7 cm³/mol. The first-order valence-corrected chi connectivity index (χ1v) is 3.34. The van der Waals surface area contributed by atoms with Crippen LogP contribution in [0.1, 0.15) is 0 Å². The molecule has 12 heavy (non-hydrogen) atoms. The van der Waals surface area contributed by atoms with Gasteiger partial charge in [0.25, 0.3) is 0 Å². The largest absolute Gasteiger partial charge is 0.235 e. The fourth-order valence-corrected chi connectivity index (χ4v) is 0.781. The molecule has 0 saturated carbocycles. The molecule has 2 heterocycles.